The largest absolute Gasteiger partial charge is 0.339 e. The number of benzene rings is 1. The lowest BCUT2D eigenvalue weighted by molar-refractivity contribution is -0.131. The third kappa shape index (κ3) is 3.72. The molecule has 1 fully saturated rings. The van der Waals surface area contributed by atoms with Crippen LogP contribution in [-0.4, -0.2) is 63.3 Å². The number of nitrogens with zero attached hydrogens (tertiary/aromatic N) is 2. The molecule has 0 bridgehead atoms. The Morgan fingerprint density at radius 2 is 1.86 bits per heavy atom. The van der Waals surface area contributed by atoms with Gasteiger partial charge in [0.2, 0.25) is 15.9 Å². The summed E-state index contributed by atoms with van der Waals surface area (Å²) in [6.07, 6.45) is 0. The number of amides is 1. The van der Waals surface area contributed by atoms with Crippen LogP contribution < -0.4 is 5.32 Å². The Kier molecular flexibility index (Phi) is 5.68. The second-order valence-electron chi connectivity index (χ2n) is 4.89. The van der Waals surface area contributed by atoms with Crippen LogP contribution in [0, 0.1) is 0 Å². The van der Waals surface area contributed by atoms with Crippen molar-refractivity contribution in [2.75, 3.05) is 39.8 Å². The van der Waals surface area contributed by atoms with Crippen molar-refractivity contribution in [3.05, 3.63) is 28.2 Å². The smallest absolute Gasteiger partial charge is 0.244 e. The first-order chi connectivity index (χ1) is 10.4. The molecule has 22 heavy (non-hydrogen) atoms. The first-order valence-electron chi connectivity index (χ1n) is 6.74. The van der Waals surface area contributed by atoms with Gasteiger partial charge in [0, 0.05) is 31.2 Å². The van der Waals surface area contributed by atoms with Crippen LogP contribution in [0.3, 0.4) is 0 Å². The lowest BCUT2D eigenvalue weighted by atomic mass is 10.3. The third-order valence-electron chi connectivity index (χ3n) is 3.43. The molecule has 9 heteroatoms. The Hall–Kier alpha value is -0.860. The van der Waals surface area contributed by atoms with Crippen molar-refractivity contribution in [1.82, 2.24) is 14.5 Å². The molecule has 6 nitrogen and oxygen atoms in total. The second-order valence-corrected chi connectivity index (χ2v) is 7.64. The summed E-state index contributed by atoms with van der Waals surface area (Å²) in [6.45, 7) is 1.43. The van der Waals surface area contributed by atoms with Crippen molar-refractivity contribution in [2.45, 2.75) is 4.90 Å². The van der Waals surface area contributed by atoms with Crippen LogP contribution in [0.15, 0.2) is 23.1 Å². The van der Waals surface area contributed by atoms with E-state index >= 15 is 0 Å². The molecule has 1 saturated heterocycles. The fraction of sp³-hybridized carbons (Fsp3) is 0.462. The van der Waals surface area contributed by atoms with E-state index in [-0.39, 0.29) is 35.5 Å². The molecule has 1 amide bonds. The van der Waals surface area contributed by atoms with Crippen molar-refractivity contribution < 1.29 is 13.2 Å². The molecule has 2 rings (SSSR count). The summed E-state index contributed by atoms with van der Waals surface area (Å²) in [6, 6.07) is 4.35. The molecule has 0 saturated carbocycles. The lowest BCUT2D eigenvalue weighted by Crippen LogP contribution is -2.52. The molecule has 0 radical (unpaired) electrons. The van der Waals surface area contributed by atoms with Gasteiger partial charge in [-0.2, -0.15) is 4.31 Å². The SMILES string of the molecule is CNCC(=O)N1CCN(S(=O)(=O)c2cc(Cl)ccc2Cl)CC1. The highest BCUT2D eigenvalue weighted by molar-refractivity contribution is 7.89. The number of piperazine rings is 1. The van der Waals surface area contributed by atoms with Gasteiger partial charge in [0.1, 0.15) is 4.90 Å². The topological polar surface area (TPSA) is 69.7 Å². The van der Waals surface area contributed by atoms with Crippen molar-refractivity contribution >= 4 is 39.1 Å². The summed E-state index contributed by atoms with van der Waals surface area (Å²) >= 11 is 11.8. The van der Waals surface area contributed by atoms with Crippen molar-refractivity contribution in [3.63, 3.8) is 0 Å². The van der Waals surface area contributed by atoms with Crippen molar-refractivity contribution in [3.8, 4) is 0 Å². The van der Waals surface area contributed by atoms with Gasteiger partial charge in [-0.15, -0.1) is 0 Å². The molecule has 1 aromatic carbocycles. The minimum atomic E-state index is -3.71. The van der Waals surface area contributed by atoms with Gasteiger partial charge in [-0.3, -0.25) is 4.79 Å². The number of halogens is 2. The summed E-state index contributed by atoms with van der Waals surface area (Å²) in [5.41, 5.74) is 0. The highest BCUT2D eigenvalue weighted by atomic mass is 35.5. The van der Waals surface area contributed by atoms with E-state index < -0.39 is 10.0 Å². The van der Waals surface area contributed by atoms with Gasteiger partial charge in [0.05, 0.1) is 11.6 Å². The number of likely N-dealkylation sites (N-methyl/N-ethyl adjacent to an activating group) is 1. The lowest BCUT2D eigenvalue weighted by Gasteiger charge is -2.34. The molecule has 1 N–H and O–H groups in total. The molecule has 0 aliphatic carbocycles. The van der Waals surface area contributed by atoms with E-state index in [0.717, 1.165) is 0 Å². The second kappa shape index (κ2) is 7.14. The maximum absolute atomic E-state index is 12.6. The molecule has 0 atom stereocenters. The molecule has 122 valence electrons. The van der Waals surface area contributed by atoms with Crippen LogP contribution in [0.5, 0.6) is 0 Å². The maximum atomic E-state index is 12.6. The molecule has 1 aliphatic heterocycles. The Labute approximate surface area is 140 Å². The Morgan fingerprint density at radius 3 is 2.45 bits per heavy atom. The highest BCUT2D eigenvalue weighted by Gasteiger charge is 2.31. The standard InChI is InChI=1S/C13H17Cl2N3O3S/c1-16-9-13(19)17-4-6-18(7-5-17)22(20,21)12-8-10(14)2-3-11(12)15/h2-3,8,16H,4-7,9H2,1H3. The third-order valence-corrected chi connectivity index (χ3v) is 6.05. The van der Waals surface area contributed by atoms with E-state index in [1.165, 1.54) is 22.5 Å². The molecular formula is C13H17Cl2N3O3S. The zero-order valence-corrected chi connectivity index (χ0v) is 14.4. The van der Waals surface area contributed by atoms with E-state index in [9.17, 15) is 13.2 Å². The zero-order valence-electron chi connectivity index (χ0n) is 12.1. The monoisotopic (exact) mass is 365 g/mol. The first-order valence-corrected chi connectivity index (χ1v) is 8.93. The maximum Gasteiger partial charge on any atom is 0.244 e. The van der Waals surface area contributed by atoms with Crippen LogP contribution in [0.4, 0.5) is 0 Å². The average Bonchev–Trinajstić information content (AvgIpc) is 2.50. The highest BCUT2D eigenvalue weighted by Crippen LogP contribution is 2.28. The predicted molar refractivity (Wildman–Crippen MR) is 85.7 cm³/mol. The fourth-order valence-corrected chi connectivity index (χ4v) is 4.41. The Bertz CT molecular complexity index is 658. The quantitative estimate of drug-likeness (QED) is 0.865. The van der Waals surface area contributed by atoms with Gasteiger partial charge in [-0.1, -0.05) is 23.2 Å². The summed E-state index contributed by atoms with van der Waals surface area (Å²) in [5.74, 6) is -0.0414. The van der Waals surface area contributed by atoms with E-state index in [1.54, 1.807) is 11.9 Å². The summed E-state index contributed by atoms with van der Waals surface area (Å²) in [4.78, 5) is 13.4. The molecule has 0 unspecified atom stereocenters. The van der Waals surface area contributed by atoms with Crippen LogP contribution >= 0.6 is 23.2 Å². The van der Waals surface area contributed by atoms with Crippen molar-refractivity contribution in [1.29, 1.82) is 0 Å². The van der Waals surface area contributed by atoms with Gasteiger partial charge in [-0.05, 0) is 25.2 Å². The molecule has 1 heterocycles. The van der Waals surface area contributed by atoms with Crippen LogP contribution in [0.25, 0.3) is 0 Å². The Morgan fingerprint density at radius 1 is 1.23 bits per heavy atom. The number of sulfonamides is 1. The zero-order chi connectivity index (χ0) is 16.3. The average molecular weight is 366 g/mol. The minimum absolute atomic E-state index is 0.00309. The Balaban J connectivity index is 2.13. The number of hydrogen-bond donors (Lipinski definition) is 1. The van der Waals surface area contributed by atoms with Crippen molar-refractivity contribution in [2.24, 2.45) is 0 Å². The molecule has 1 aliphatic rings. The summed E-state index contributed by atoms with van der Waals surface area (Å²) < 4.78 is 26.6. The fourth-order valence-electron chi connectivity index (χ4n) is 2.25. The first kappa shape index (κ1) is 17.5. The van der Waals surface area contributed by atoms with E-state index in [0.29, 0.717) is 18.1 Å². The van der Waals surface area contributed by atoms with Gasteiger partial charge in [-0.25, -0.2) is 8.42 Å². The number of rotatable bonds is 4. The summed E-state index contributed by atoms with van der Waals surface area (Å²) in [5, 5.41) is 3.24. The predicted octanol–water partition coefficient (Wildman–Crippen LogP) is 1.05. The van der Waals surface area contributed by atoms with E-state index in [4.69, 9.17) is 23.2 Å². The molecule has 0 spiro atoms. The molecular weight excluding hydrogens is 349 g/mol. The van der Waals surface area contributed by atoms with Gasteiger partial charge in [0.15, 0.2) is 0 Å². The summed E-state index contributed by atoms with van der Waals surface area (Å²) in [7, 11) is -2.02. The number of hydrogen-bond acceptors (Lipinski definition) is 4. The number of carbonyl (C=O) groups excluding carboxylic acids is 1. The molecule has 0 aromatic heterocycles. The van der Waals surface area contributed by atoms with Gasteiger partial charge in [0.25, 0.3) is 0 Å². The van der Waals surface area contributed by atoms with Crippen LogP contribution in [0.1, 0.15) is 0 Å². The van der Waals surface area contributed by atoms with Gasteiger partial charge >= 0.3 is 0 Å². The minimum Gasteiger partial charge on any atom is -0.339 e. The number of carbonyl (C=O) groups is 1. The number of nitrogens with one attached hydrogen (secondary N) is 1. The van der Waals surface area contributed by atoms with E-state index in [1.807, 2.05) is 0 Å². The van der Waals surface area contributed by atoms with Gasteiger partial charge < -0.3 is 10.2 Å². The van der Waals surface area contributed by atoms with E-state index in [2.05, 4.69) is 5.32 Å². The van der Waals surface area contributed by atoms with Crippen LogP contribution in [0.2, 0.25) is 10.0 Å². The molecule has 1 aromatic rings. The van der Waals surface area contributed by atoms with Crippen LogP contribution in [-0.2, 0) is 14.8 Å². The normalized spacial score (nSPS) is 16.8.